The van der Waals surface area contributed by atoms with Crippen LogP contribution in [0.1, 0.15) is 128 Å². The Morgan fingerprint density at radius 1 is 0.773 bits per heavy atom. The molecule has 0 saturated carbocycles. The molecule has 0 fully saturated rings. The predicted octanol–water partition coefficient (Wildman–Crippen LogP) is 9.58. The van der Waals surface area contributed by atoms with E-state index in [1.807, 2.05) is 31.2 Å². The fourth-order valence-corrected chi connectivity index (χ4v) is 8.64. The van der Waals surface area contributed by atoms with Crippen molar-refractivity contribution in [1.29, 1.82) is 5.41 Å². The minimum atomic E-state index is -1.31. The summed E-state index contributed by atoms with van der Waals surface area (Å²) in [5.41, 5.74) is 10.2. The van der Waals surface area contributed by atoms with Gasteiger partial charge in [0.15, 0.2) is 11.6 Å². The van der Waals surface area contributed by atoms with E-state index in [1.54, 1.807) is 84.9 Å². The Kier molecular flexibility index (Phi) is 21.1. The highest BCUT2D eigenvalue weighted by atomic mass is 16.6. The second-order valence-corrected chi connectivity index (χ2v) is 21.2. The van der Waals surface area contributed by atoms with Gasteiger partial charge in [0.05, 0.1) is 25.1 Å². The van der Waals surface area contributed by atoms with Crippen LogP contribution in [0.25, 0.3) is 22.3 Å². The lowest BCUT2D eigenvalue weighted by molar-refractivity contribution is -0.142. The Morgan fingerprint density at radius 2 is 1.36 bits per heavy atom. The van der Waals surface area contributed by atoms with Crippen LogP contribution in [0.3, 0.4) is 0 Å². The largest absolute Gasteiger partial charge is 0.493 e. The highest BCUT2D eigenvalue weighted by molar-refractivity contribution is 6.00. The molecule has 16 heteroatoms. The van der Waals surface area contributed by atoms with Crippen molar-refractivity contribution in [2.75, 3.05) is 39.9 Å². The van der Waals surface area contributed by atoms with Crippen LogP contribution in [0, 0.1) is 17.2 Å². The number of nitrogens with zero attached hydrogens (tertiary/aromatic N) is 1. The van der Waals surface area contributed by atoms with Gasteiger partial charge in [-0.2, -0.15) is 0 Å². The van der Waals surface area contributed by atoms with Crippen molar-refractivity contribution in [3.63, 3.8) is 0 Å². The van der Waals surface area contributed by atoms with E-state index >= 15 is 4.79 Å². The maximum atomic E-state index is 15.2. The van der Waals surface area contributed by atoms with E-state index in [1.165, 1.54) is 17.5 Å². The van der Waals surface area contributed by atoms with Crippen molar-refractivity contribution < 1.29 is 47.7 Å². The van der Waals surface area contributed by atoms with E-state index in [-0.39, 0.29) is 57.0 Å². The summed E-state index contributed by atoms with van der Waals surface area (Å²) in [5, 5.41) is 17.1. The third kappa shape index (κ3) is 17.5. The number of fused-ring (bicyclic) bond motifs is 5. The van der Waals surface area contributed by atoms with Gasteiger partial charge >= 0.3 is 12.2 Å². The van der Waals surface area contributed by atoms with Crippen molar-refractivity contribution in [2.24, 2.45) is 17.6 Å². The molecular formula is C59H78N6O10. The van der Waals surface area contributed by atoms with Crippen LogP contribution in [-0.2, 0) is 36.7 Å². The van der Waals surface area contributed by atoms with Crippen LogP contribution < -0.4 is 31.2 Å². The summed E-state index contributed by atoms with van der Waals surface area (Å²) in [7, 11) is 1.47. The van der Waals surface area contributed by atoms with Crippen molar-refractivity contribution in [1.82, 2.24) is 20.9 Å². The number of hydrogen-bond acceptors (Lipinski definition) is 12. The first-order valence-electron chi connectivity index (χ1n) is 26.1. The van der Waals surface area contributed by atoms with Crippen LogP contribution >= 0.6 is 0 Å². The van der Waals surface area contributed by atoms with E-state index in [9.17, 15) is 24.0 Å². The molecule has 0 radical (unpaired) electrons. The molecule has 0 aromatic heterocycles. The van der Waals surface area contributed by atoms with Crippen LogP contribution in [0.5, 0.6) is 11.5 Å². The number of likely N-dealkylation sites (N-methyl/N-ethyl adjacent to an activating group) is 1. The Balaban J connectivity index is 1.58. The summed E-state index contributed by atoms with van der Waals surface area (Å²) in [6, 6.07) is 24.0. The quantitative estimate of drug-likeness (QED) is 0.0318. The van der Waals surface area contributed by atoms with E-state index in [2.05, 4.69) is 47.1 Å². The molecule has 1 aliphatic heterocycles. The van der Waals surface area contributed by atoms with Crippen LogP contribution in [-0.4, -0.2) is 103 Å². The SMILES string of the molecule is CCCCc1ccc(-c2ccc(C(=O)C[C@@H](CNC(=O)OC(C)(C)C)C(=O)N(C)[C@@H]3C(=O)C[C@@H](C)C(=O)N[C@H](C(=N)CN)Cc4ccc(OCCNC(=O)OC(C)(C)C)c(c4)-c4cc3ccc4OCCC)cc2)cc1. The molecule has 0 saturated heterocycles. The number of carbonyl (C=O) groups excluding carboxylic acids is 6. The smallest absolute Gasteiger partial charge is 0.407 e. The van der Waals surface area contributed by atoms with Crippen LogP contribution in [0.15, 0.2) is 84.9 Å². The number of benzene rings is 4. The Labute approximate surface area is 442 Å². The van der Waals surface area contributed by atoms with Crippen LogP contribution in [0.4, 0.5) is 9.59 Å². The fraction of sp³-hybridized carbons (Fsp3) is 0.475. The summed E-state index contributed by atoms with van der Waals surface area (Å²) < 4.78 is 23.6. The lowest BCUT2D eigenvalue weighted by Crippen LogP contribution is -2.47. The third-order valence-corrected chi connectivity index (χ3v) is 12.5. The number of ether oxygens (including phenoxy) is 4. The number of amides is 4. The first kappa shape index (κ1) is 58.8. The zero-order valence-electron chi connectivity index (χ0n) is 45.5. The molecule has 5 rings (SSSR count). The Bertz CT molecular complexity index is 2640. The first-order valence-corrected chi connectivity index (χ1v) is 26.1. The molecule has 16 nitrogen and oxygen atoms in total. The number of hydrogen-bond donors (Lipinski definition) is 5. The lowest BCUT2D eigenvalue weighted by Gasteiger charge is -2.32. The molecule has 0 unspecified atom stereocenters. The van der Waals surface area contributed by atoms with E-state index < -0.39 is 64.9 Å². The van der Waals surface area contributed by atoms with Gasteiger partial charge in [0.2, 0.25) is 11.8 Å². The summed E-state index contributed by atoms with van der Waals surface area (Å²) in [5.74, 6) is -3.18. The van der Waals surface area contributed by atoms with Gasteiger partial charge in [-0.05, 0) is 119 Å². The lowest BCUT2D eigenvalue weighted by atomic mass is 9.88. The zero-order chi connectivity index (χ0) is 55.0. The Morgan fingerprint density at radius 3 is 1.96 bits per heavy atom. The van der Waals surface area contributed by atoms with E-state index in [0.717, 1.165) is 36.0 Å². The number of unbranched alkanes of at least 4 members (excludes halogenated alkanes) is 1. The van der Waals surface area contributed by atoms with Crippen LogP contribution in [0.2, 0.25) is 0 Å². The topological polar surface area (TPSA) is 229 Å². The highest BCUT2D eigenvalue weighted by Gasteiger charge is 2.37. The minimum absolute atomic E-state index is 0.0394. The monoisotopic (exact) mass is 1030 g/mol. The van der Waals surface area contributed by atoms with Gasteiger partial charge < -0.3 is 50.9 Å². The molecule has 4 bridgehead atoms. The van der Waals surface area contributed by atoms with Gasteiger partial charge in [0, 0.05) is 61.3 Å². The standard InChI is InChI=1S/C59H78N6O10/c1-11-13-14-38-15-18-40(19-16-38)41-20-22-42(23-21-41)49(66)34-44(36-63-57(71)75-59(7,8)9)55(69)65(10)53-43-24-26-52(72-28-12-2)46(33-43)45-31-39(17-25-51(45)73-29-27-62-56(70)74-58(4,5)6)32-48(47(61)35-60)64-54(68)37(3)30-50(53)67/h15-26,31,33,37,44,48,53,61H,11-14,27-30,32,34-36,60H2,1-10H3,(H,62,70)(H,63,71)(H,64,68)/t37-,44+,48+,53+/m1/s1. The Hall–Kier alpha value is -7.07. The van der Waals surface area contributed by atoms with Gasteiger partial charge in [-0.1, -0.05) is 87.9 Å². The maximum absolute atomic E-state index is 15.2. The van der Waals surface area contributed by atoms with Gasteiger partial charge in [0.1, 0.15) is 35.3 Å². The number of carbonyl (C=O) groups is 6. The number of Topliss-reactive ketones (excluding diaryl/α,β-unsaturated/α-hetero) is 2. The van der Waals surface area contributed by atoms with Gasteiger partial charge in [-0.3, -0.25) is 19.2 Å². The number of nitrogens with two attached hydrogens (primary N) is 1. The molecule has 0 aliphatic carbocycles. The predicted molar refractivity (Wildman–Crippen MR) is 291 cm³/mol. The number of aryl methyl sites for hydroxylation is 1. The first-order chi connectivity index (χ1) is 35.5. The molecule has 4 atom stereocenters. The summed E-state index contributed by atoms with van der Waals surface area (Å²) in [6.45, 7) is 16.2. The highest BCUT2D eigenvalue weighted by Crippen LogP contribution is 2.41. The van der Waals surface area contributed by atoms with Gasteiger partial charge in [-0.25, -0.2) is 9.59 Å². The summed E-state index contributed by atoms with van der Waals surface area (Å²) >= 11 is 0. The zero-order valence-corrected chi connectivity index (χ0v) is 45.5. The summed E-state index contributed by atoms with van der Waals surface area (Å²) in [6.07, 6.45) is 2.05. The fourth-order valence-electron chi connectivity index (χ4n) is 8.64. The molecule has 4 aromatic rings. The van der Waals surface area contributed by atoms with E-state index in [0.29, 0.717) is 46.8 Å². The minimum Gasteiger partial charge on any atom is -0.493 e. The molecule has 4 amide bonds. The molecule has 0 spiro atoms. The maximum Gasteiger partial charge on any atom is 0.407 e. The molecule has 6 N–H and O–H groups in total. The molecular weight excluding hydrogens is 953 g/mol. The number of rotatable bonds is 20. The van der Waals surface area contributed by atoms with Crippen molar-refractivity contribution in [3.8, 4) is 33.8 Å². The number of alkyl carbamates (subject to hydrolysis) is 2. The van der Waals surface area contributed by atoms with Crippen molar-refractivity contribution in [3.05, 3.63) is 107 Å². The average molecular weight is 1030 g/mol. The normalized spacial score (nSPS) is 16.3. The molecule has 1 aliphatic rings. The van der Waals surface area contributed by atoms with E-state index in [4.69, 9.17) is 30.1 Å². The molecule has 4 aromatic carbocycles. The van der Waals surface area contributed by atoms with Gasteiger partial charge in [-0.15, -0.1) is 0 Å². The second kappa shape index (κ2) is 26.9. The third-order valence-electron chi connectivity index (χ3n) is 12.5. The van der Waals surface area contributed by atoms with Gasteiger partial charge in [0.25, 0.3) is 0 Å². The molecule has 75 heavy (non-hydrogen) atoms. The second-order valence-electron chi connectivity index (χ2n) is 21.2. The molecule has 1 heterocycles. The number of ketones is 2. The summed E-state index contributed by atoms with van der Waals surface area (Å²) in [4.78, 5) is 85.2. The van der Waals surface area contributed by atoms with Crippen molar-refractivity contribution >= 4 is 41.3 Å². The van der Waals surface area contributed by atoms with Crippen molar-refractivity contribution in [2.45, 2.75) is 131 Å². The average Bonchev–Trinajstić information content (AvgIpc) is 3.36. The number of nitrogens with one attached hydrogen (secondary N) is 4. The molecule has 404 valence electrons.